The van der Waals surface area contributed by atoms with Crippen LogP contribution in [0.3, 0.4) is 0 Å². The first-order chi connectivity index (χ1) is 11.9. The Labute approximate surface area is 142 Å². The SMILES string of the molecule is COC(=O)C[C@H](NCc1ccccc1)C(=O)c1cc(F)c(F)cc1F. The molecule has 132 valence electrons. The summed E-state index contributed by atoms with van der Waals surface area (Å²) in [6, 6.07) is 8.64. The highest BCUT2D eigenvalue weighted by atomic mass is 19.2. The van der Waals surface area contributed by atoms with Gasteiger partial charge in [-0.25, -0.2) is 13.2 Å². The van der Waals surface area contributed by atoms with Crippen LogP contribution < -0.4 is 5.32 Å². The van der Waals surface area contributed by atoms with Crippen LogP contribution in [0.25, 0.3) is 0 Å². The van der Waals surface area contributed by atoms with Gasteiger partial charge in [0.25, 0.3) is 0 Å². The van der Waals surface area contributed by atoms with Gasteiger partial charge in [0.05, 0.1) is 25.1 Å². The Morgan fingerprint density at radius 2 is 1.68 bits per heavy atom. The van der Waals surface area contributed by atoms with Gasteiger partial charge in [-0.3, -0.25) is 9.59 Å². The second kappa shape index (κ2) is 8.43. The quantitative estimate of drug-likeness (QED) is 0.473. The molecule has 0 fully saturated rings. The molecule has 0 aliphatic heterocycles. The molecule has 2 aromatic rings. The number of ether oxygens (including phenoxy) is 1. The zero-order valence-electron chi connectivity index (χ0n) is 13.4. The van der Waals surface area contributed by atoms with Gasteiger partial charge in [-0.15, -0.1) is 0 Å². The third-order valence-electron chi connectivity index (χ3n) is 3.59. The van der Waals surface area contributed by atoms with Crippen LogP contribution in [0.2, 0.25) is 0 Å². The molecule has 0 amide bonds. The Hall–Kier alpha value is -2.67. The van der Waals surface area contributed by atoms with Gasteiger partial charge < -0.3 is 10.1 Å². The van der Waals surface area contributed by atoms with Crippen LogP contribution in [0.5, 0.6) is 0 Å². The lowest BCUT2D eigenvalue weighted by molar-refractivity contribution is -0.141. The van der Waals surface area contributed by atoms with E-state index in [9.17, 15) is 22.8 Å². The first kappa shape index (κ1) is 18.7. The average molecular weight is 351 g/mol. The molecule has 0 aliphatic rings. The molecule has 2 rings (SSSR count). The lowest BCUT2D eigenvalue weighted by Crippen LogP contribution is -2.39. The largest absolute Gasteiger partial charge is 0.469 e. The summed E-state index contributed by atoms with van der Waals surface area (Å²) in [6.45, 7) is 0.222. The molecule has 0 spiro atoms. The van der Waals surface area contributed by atoms with Crippen LogP contribution >= 0.6 is 0 Å². The maximum absolute atomic E-state index is 13.9. The first-order valence-corrected chi connectivity index (χ1v) is 7.45. The van der Waals surface area contributed by atoms with Crippen molar-refractivity contribution in [1.82, 2.24) is 5.32 Å². The molecule has 0 aromatic heterocycles. The molecule has 25 heavy (non-hydrogen) atoms. The number of halogens is 3. The molecule has 1 N–H and O–H groups in total. The standard InChI is InChI=1S/C18H16F3NO3/c1-25-17(23)9-16(22-10-11-5-3-2-4-6-11)18(24)12-7-14(20)15(21)8-13(12)19/h2-8,16,22H,9-10H2,1H3/t16-/m0/s1. The van der Waals surface area contributed by atoms with Crippen LogP contribution in [0.15, 0.2) is 42.5 Å². The fourth-order valence-corrected chi connectivity index (χ4v) is 2.24. The summed E-state index contributed by atoms with van der Waals surface area (Å²) >= 11 is 0. The van der Waals surface area contributed by atoms with Gasteiger partial charge in [-0.05, 0) is 11.6 Å². The lowest BCUT2D eigenvalue weighted by Gasteiger charge is -2.17. The molecule has 7 heteroatoms. The van der Waals surface area contributed by atoms with Gasteiger partial charge >= 0.3 is 5.97 Å². The number of methoxy groups -OCH3 is 1. The number of carbonyl (C=O) groups excluding carboxylic acids is 2. The molecule has 0 aliphatic carbocycles. The highest BCUT2D eigenvalue weighted by Gasteiger charge is 2.26. The molecule has 0 saturated carbocycles. The molecule has 0 unspecified atom stereocenters. The third kappa shape index (κ3) is 4.90. The van der Waals surface area contributed by atoms with Crippen LogP contribution in [-0.2, 0) is 16.1 Å². The van der Waals surface area contributed by atoms with Crippen molar-refractivity contribution in [3.63, 3.8) is 0 Å². The zero-order chi connectivity index (χ0) is 18.4. The molecule has 0 saturated heterocycles. The minimum absolute atomic E-state index is 0.222. The number of rotatable bonds is 7. The molecular formula is C18H16F3NO3. The molecule has 4 nitrogen and oxygen atoms in total. The van der Waals surface area contributed by atoms with E-state index in [-0.39, 0.29) is 13.0 Å². The van der Waals surface area contributed by atoms with E-state index >= 15 is 0 Å². The number of hydrogen-bond donors (Lipinski definition) is 1. The summed E-state index contributed by atoms with van der Waals surface area (Å²) in [4.78, 5) is 24.0. The molecular weight excluding hydrogens is 335 g/mol. The second-order valence-electron chi connectivity index (χ2n) is 5.31. The maximum atomic E-state index is 13.9. The maximum Gasteiger partial charge on any atom is 0.307 e. The summed E-state index contributed by atoms with van der Waals surface area (Å²) in [5.74, 6) is -5.49. The number of esters is 1. The minimum Gasteiger partial charge on any atom is -0.469 e. The predicted octanol–water partition coefficient (Wildman–Crippen LogP) is 3.01. The van der Waals surface area contributed by atoms with Gasteiger partial charge in [0.1, 0.15) is 5.82 Å². The van der Waals surface area contributed by atoms with Gasteiger partial charge in [-0.1, -0.05) is 30.3 Å². The highest BCUT2D eigenvalue weighted by Crippen LogP contribution is 2.17. The fourth-order valence-electron chi connectivity index (χ4n) is 2.24. The molecule has 1 atom stereocenters. The Morgan fingerprint density at radius 1 is 1.04 bits per heavy atom. The zero-order valence-corrected chi connectivity index (χ0v) is 13.4. The Balaban J connectivity index is 2.23. The third-order valence-corrected chi connectivity index (χ3v) is 3.59. The summed E-state index contributed by atoms with van der Waals surface area (Å²) in [5.41, 5.74) is 0.198. The molecule has 0 radical (unpaired) electrons. The van der Waals surface area contributed by atoms with Crippen molar-refractivity contribution in [2.45, 2.75) is 19.0 Å². The van der Waals surface area contributed by atoms with Crippen LogP contribution in [0.1, 0.15) is 22.3 Å². The number of carbonyl (C=O) groups is 2. The minimum atomic E-state index is -1.39. The molecule has 2 aromatic carbocycles. The van der Waals surface area contributed by atoms with Gasteiger partial charge in [-0.2, -0.15) is 0 Å². The van der Waals surface area contributed by atoms with Crippen molar-refractivity contribution in [1.29, 1.82) is 0 Å². The van der Waals surface area contributed by atoms with Crippen molar-refractivity contribution in [2.24, 2.45) is 0 Å². The van der Waals surface area contributed by atoms with Crippen molar-refractivity contribution >= 4 is 11.8 Å². The van der Waals surface area contributed by atoms with E-state index in [1.807, 2.05) is 6.07 Å². The predicted molar refractivity (Wildman–Crippen MR) is 84.3 cm³/mol. The fraction of sp³-hybridized carbons (Fsp3) is 0.222. The highest BCUT2D eigenvalue weighted by molar-refractivity contribution is 6.02. The lowest BCUT2D eigenvalue weighted by atomic mass is 10.00. The average Bonchev–Trinajstić information content (AvgIpc) is 2.61. The van der Waals surface area contributed by atoms with Gasteiger partial charge in [0, 0.05) is 12.6 Å². The van der Waals surface area contributed by atoms with Crippen LogP contribution in [0, 0.1) is 17.5 Å². The van der Waals surface area contributed by atoms with E-state index in [4.69, 9.17) is 0 Å². The molecule has 0 bridgehead atoms. The number of nitrogens with one attached hydrogen (secondary N) is 1. The van der Waals surface area contributed by atoms with Crippen molar-refractivity contribution in [3.05, 3.63) is 71.0 Å². The number of benzene rings is 2. The van der Waals surface area contributed by atoms with E-state index in [1.54, 1.807) is 24.3 Å². The molecule has 0 heterocycles. The van der Waals surface area contributed by atoms with Gasteiger partial charge in [0.2, 0.25) is 0 Å². The normalized spacial score (nSPS) is 11.8. The van der Waals surface area contributed by atoms with Crippen molar-refractivity contribution in [2.75, 3.05) is 7.11 Å². The number of hydrogen-bond acceptors (Lipinski definition) is 4. The Kier molecular flexibility index (Phi) is 6.30. The van der Waals surface area contributed by atoms with Crippen LogP contribution in [-0.4, -0.2) is 24.9 Å². The topological polar surface area (TPSA) is 55.4 Å². The Morgan fingerprint density at radius 3 is 2.32 bits per heavy atom. The summed E-state index contributed by atoms with van der Waals surface area (Å²) in [7, 11) is 1.15. The number of ketones is 1. The van der Waals surface area contributed by atoms with Crippen LogP contribution in [0.4, 0.5) is 13.2 Å². The summed E-state index contributed by atoms with van der Waals surface area (Å²) in [5, 5.41) is 2.83. The summed E-state index contributed by atoms with van der Waals surface area (Å²) in [6.07, 6.45) is -0.374. The van der Waals surface area contributed by atoms with E-state index in [2.05, 4.69) is 10.1 Å². The van der Waals surface area contributed by atoms with E-state index < -0.39 is 40.8 Å². The van der Waals surface area contributed by atoms with E-state index in [0.717, 1.165) is 12.7 Å². The van der Waals surface area contributed by atoms with Gasteiger partial charge in [0.15, 0.2) is 17.4 Å². The smallest absolute Gasteiger partial charge is 0.307 e. The first-order valence-electron chi connectivity index (χ1n) is 7.45. The summed E-state index contributed by atoms with van der Waals surface area (Å²) < 4.78 is 44.8. The second-order valence-corrected chi connectivity index (χ2v) is 5.31. The monoisotopic (exact) mass is 351 g/mol. The number of Topliss-reactive ketones (excluding diaryl/α,β-unsaturated/α-hetero) is 1. The van der Waals surface area contributed by atoms with Crippen molar-refractivity contribution < 1.29 is 27.5 Å². The van der Waals surface area contributed by atoms with Crippen molar-refractivity contribution in [3.8, 4) is 0 Å². The Bertz CT molecular complexity index is 766. The van der Waals surface area contributed by atoms with E-state index in [1.165, 1.54) is 0 Å². The van der Waals surface area contributed by atoms with E-state index in [0.29, 0.717) is 12.1 Å².